The van der Waals surface area contributed by atoms with Gasteiger partial charge in [-0.15, -0.1) is 0 Å². The van der Waals surface area contributed by atoms with Crippen LogP contribution in [0, 0.1) is 17.7 Å². The Labute approximate surface area is 166 Å². The molecule has 4 rings (SSSR count). The first-order valence-electron chi connectivity index (χ1n) is 10.1. The van der Waals surface area contributed by atoms with Gasteiger partial charge in [0, 0.05) is 23.5 Å². The molecule has 1 heterocycles. The van der Waals surface area contributed by atoms with Crippen molar-refractivity contribution >= 4 is 5.91 Å². The SMILES string of the molecule is CC1CCC(C2=CCCC=C2)CC1.NC(=O)c1c[nH]cc1-c1ccccc1F. The molecule has 1 aromatic heterocycles. The molecule has 0 spiro atoms. The summed E-state index contributed by atoms with van der Waals surface area (Å²) in [4.78, 5) is 13.8. The van der Waals surface area contributed by atoms with Gasteiger partial charge in [-0.3, -0.25) is 4.79 Å². The number of allylic oxidation sites excluding steroid dienone is 4. The number of nitrogens with one attached hydrogen (secondary N) is 1. The number of carbonyl (C=O) groups is 1. The fourth-order valence-electron chi connectivity index (χ4n) is 4.00. The molecule has 28 heavy (non-hydrogen) atoms. The van der Waals surface area contributed by atoms with Gasteiger partial charge < -0.3 is 10.7 Å². The number of aromatic nitrogens is 1. The minimum absolute atomic E-state index is 0.292. The monoisotopic (exact) mass is 380 g/mol. The second-order valence-electron chi connectivity index (χ2n) is 7.77. The van der Waals surface area contributed by atoms with Gasteiger partial charge in [0.05, 0.1) is 5.56 Å². The number of rotatable bonds is 3. The van der Waals surface area contributed by atoms with Gasteiger partial charge in [0.2, 0.25) is 0 Å². The predicted molar refractivity (Wildman–Crippen MR) is 112 cm³/mol. The lowest BCUT2D eigenvalue weighted by molar-refractivity contribution is 0.100. The average molecular weight is 381 g/mol. The Morgan fingerprint density at radius 2 is 1.82 bits per heavy atom. The number of H-pyrrole nitrogens is 1. The number of hydrogen-bond donors (Lipinski definition) is 2. The number of benzene rings is 1. The zero-order valence-electron chi connectivity index (χ0n) is 16.5. The van der Waals surface area contributed by atoms with Crippen LogP contribution in [0.15, 0.2) is 60.5 Å². The summed E-state index contributed by atoms with van der Waals surface area (Å²) < 4.78 is 13.4. The topological polar surface area (TPSA) is 58.9 Å². The van der Waals surface area contributed by atoms with Gasteiger partial charge in [-0.25, -0.2) is 4.39 Å². The van der Waals surface area contributed by atoms with Gasteiger partial charge in [-0.2, -0.15) is 0 Å². The molecular formula is C24H29FN2O. The van der Waals surface area contributed by atoms with E-state index < -0.39 is 5.91 Å². The average Bonchev–Trinajstić information content (AvgIpc) is 3.20. The number of carbonyl (C=O) groups excluding carboxylic acids is 1. The van der Waals surface area contributed by atoms with Crippen LogP contribution in [-0.4, -0.2) is 10.9 Å². The maximum Gasteiger partial charge on any atom is 0.250 e. The summed E-state index contributed by atoms with van der Waals surface area (Å²) in [5.41, 5.74) is 7.95. The highest BCUT2D eigenvalue weighted by Crippen LogP contribution is 2.34. The molecule has 2 aliphatic carbocycles. The molecule has 2 aliphatic rings. The molecule has 1 amide bonds. The number of aromatic amines is 1. The number of amides is 1. The first-order valence-corrected chi connectivity index (χ1v) is 10.1. The van der Waals surface area contributed by atoms with E-state index in [1.165, 1.54) is 50.8 Å². The first-order chi connectivity index (χ1) is 13.6. The quantitative estimate of drug-likeness (QED) is 0.673. The van der Waals surface area contributed by atoms with E-state index in [1.807, 2.05) is 0 Å². The third-order valence-corrected chi connectivity index (χ3v) is 5.69. The molecule has 4 heteroatoms. The maximum absolute atomic E-state index is 13.4. The smallest absolute Gasteiger partial charge is 0.250 e. The Morgan fingerprint density at radius 1 is 1.07 bits per heavy atom. The molecule has 0 saturated heterocycles. The minimum atomic E-state index is -0.575. The lowest BCUT2D eigenvalue weighted by atomic mass is 9.78. The fourth-order valence-corrected chi connectivity index (χ4v) is 4.00. The lowest BCUT2D eigenvalue weighted by Crippen LogP contribution is -2.14. The number of halogens is 1. The molecule has 148 valence electrons. The largest absolute Gasteiger partial charge is 0.366 e. The van der Waals surface area contributed by atoms with Crippen LogP contribution in [0.4, 0.5) is 4.39 Å². The fraction of sp³-hybridized carbons (Fsp3) is 0.375. The van der Waals surface area contributed by atoms with Gasteiger partial charge in [0.25, 0.3) is 5.91 Å². The molecular weight excluding hydrogens is 351 g/mol. The van der Waals surface area contributed by atoms with Crippen molar-refractivity contribution in [2.75, 3.05) is 0 Å². The van der Waals surface area contributed by atoms with Crippen LogP contribution in [0.1, 0.15) is 55.8 Å². The third-order valence-electron chi connectivity index (χ3n) is 5.69. The molecule has 0 unspecified atom stereocenters. The van der Waals surface area contributed by atoms with Crippen molar-refractivity contribution in [2.45, 2.75) is 45.4 Å². The van der Waals surface area contributed by atoms with Crippen LogP contribution in [0.25, 0.3) is 11.1 Å². The molecule has 0 aliphatic heterocycles. The van der Waals surface area contributed by atoms with E-state index in [-0.39, 0.29) is 5.82 Å². The second kappa shape index (κ2) is 9.54. The molecule has 0 atom stereocenters. The molecule has 3 N–H and O–H groups in total. The summed E-state index contributed by atoms with van der Waals surface area (Å²) in [7, 11) is 0. The van der Waals surface area contributed by atoms with Gasteiger partial charge in [0.15, 0.2) is 0 Å². The van der Waals surface area contributed by atoms with Gasteiger partial charge in [0.1, 0.15) is 5.82 Å². The Balaban J connectivity index is 0.000000162. The van der Waals surface area contributed by atoms with Crippen molar-refractivity contribution in [3.8, 4) is 11.1 Å². The van der Waals surface area contributed by atoms with E-state index in [1.54, 1.807) is 30.0 Å². The van der Waals surface area contributed by atoms with E-state index in [9.17, 15) is 9.18 Å². The minimum Gasteiger partial charge on any atom is -0.366 e. The number of hydrogen-bond acceptors (Lipinski definition) is 1. The molecule has 0 bridgehead atoms. The van der Waals surface area contributed by atoms with Crippen LogP contribution in [0.3, 0.4) is 0 Å². The van der Waals surface area contributed by atoms with Crippen molar-refractivity contribution < 1.29 is 9.18 Å². The molecule has 1 aromatic carbocycles. The molecule has 2 aromatic rings. The normalized spacial score (nSPS) is 21.4. The molecule has 1 saturated carbocycles. The third kappa shape index (κ3) is 5.00. The highest BCUT2D eigenvalue weighted by molar-refractivity contribution is 5.99. The summed E-state index contributed by atoms with van der Waals surface area (Å²) in [6.07, 6.45) is 18.5. The number of primary amides is 1. The summed E-state index contributed by atoms with van der Waals surface area (Å²) in [6, 6.07) is 6.24. The molecule has 3 nitrogen and oxygen atoms in total. The van der Waals surface area contributed by atoms with Gasteiger partial charge in [-0.05, 0) is 49.2 Å². The zero-order valence-corrected chi connectivity index (χ0v) is 16.5. The van der Waals surface area contributed by atoms with Gasteiger partial charge >= 0.3 is 0 Å². The Morgan fingerprint density at radius 3 is 2.46 bits per heavy atom. The van der Waals surface area contributed by atoms with Crippen molar-refractivity contribution in [1.82, 2.24) is 4.98 Å². The molecule has 1 fully saturated rings. The van der Waals surface area contributed by atoms with Crippen molar-refractivity contribution in [3.63, 3.8) is 0 Å². The van der Waals surface area contributed by atoms with Crippen molar-refractivity contribution in [1.29, 1.82) is 0 Å². The summed E-state index contributed by atoms with van der Waals surface area (Å²) >= 11 is 0. The number of nitrogens with two attached hydrogens (primary N) is 1. The maximum atomic E-state index is 13.4. The summed E-state index contributed by atoms with van der Waals surface area (Å²) in [6.45, 7) is 2.39. The lowest BCUT2D eigenvalue weighted by Gasteiger charge is -2.27. The van der Waals surface area contributed by atoms with E-state index >= 15 is 0 Å². The van der Waals surface area contributed by atoms with Crippen molar-refractivity contribution in [3.05, 3.63) is 71.8 Å². The van der Waals surface area contributed by atoms with E-state index in [0.717, 1.165) is 11.8 Å². The van der Waals surface area contributed by atoms with Crippen LogP contribution < -0.4 is 5.73 Å². The zero-order chi connectivity index (χ0) is 19.9. The second-order valence-corrected chi connectivity index (χ2v) is 7.77. The molecule has 0 radical (unpaired) electrons. The van der Waals surface area contributed by atoms with E-state index in [0.29, 0.717) is 16.7 Å². The highest BCUT2D eigenvalue weighted by atomic mass is 19.1. The first kappa shape index (κ1) is 20.1. The standard InChI is InChI=1S/C13H20.C11H9FN2O/c1-11-7-9-13(10-8-11)12-5-3-2-4-6-12;12-10-4-2-1-3-7(10)8-5-14-6-9(8)11(13)15/h3,5-6,11,13H,2,4,7-10H2,1H3;1-6,14H,(H2,13,15). The predicted octanol–water partition coefficient (Wildman–Crippen LogP) is 6.01. The van der Waals surface area contributed by atoms with Crippen LogP contribution in [-0.2, 0) is 0 Å². The van der Waals surface area contributed by atoms with Crippen LogP contribution in [0.2, 0.25) is 0 Å². The summed E-state index contributed by atoms with van der Waals surface area (Å²) in [5.74, 6) is 0.922. The van der Waals surface area contributed by atoms with Gasteiger partial charge in [-0.1, -0.05) is 56.2 Å². The van der Waals surface area contributed by atoms with Crippen molar-refractivity contribution in [2.24, 2.45) is 17.6 Å². The van der Waals surface area contributed by atoms with Crippen LogP contribution in [0.5, 0.6) is 0 Å². The van der Waals surface area contributed by atoms with Crippen LogP contribution >= 0.6 is 0 Å². The highest BCUT2D eigenvalue weighted by Gasteiger charge is 2.20. The summed E-state index contributed by atoms with van der Waals surface area (Å²) in [5, 5.41) is 0. The van der Waals surface area contributed by atoms with E-state index in [4.69, 9.17) is 5.73 Å². The Bertz CT molecular complexity index is 857. The van der Waals surface area contributed by atoms with E-state index in [2.05, 4.69) is 30.1 Å². The Kier molecular flexibility index (Phi) is 6.85. The Hall–Kier alpha value is -2.62.